The minimum atomic E-state index is -0.706. The summed E-state index contributed by atoms with van der Waals surface area (Å²) in [6, 6.07) is 12.0. The fraction of sp³-hybridized carbons (Fsp3) is 0.111. The van der Waals surface area contributed by atoms with Gasteiger partial charge in [0.25, 0.3) is 0 Å². The minimum absolute atomic E-state index is 0.0187. The lowest BCUT2D eigenvalue weighted by molar-refractivity contribution is -0.386. The number of nitrogens with one attached hydrogen (secondary N) is 1. The first kappa shape index (κ1) is 17.0. The van der Waals surface area contributed by atoms with Gasteiger partial charge in [-0.15, -0.1) is 0 Å². The summed E-state index contributed by atoms with van der Waals surface area (Å²) < 4.78 is 5.25. The molecule has 0 saturated heterocycles. The van der Waals surface area contributed by atoms with Crippen molar-refractivity contribution in [3.63, 3.8) is 0 Å². The molecule has 0 spiro atoms. The van der Waals surface area contributed by atoms with Gasteiger partial charge in [-0.1, -0.05) is 12.1 Å². The molecule has 0 atom stereocenters. The van der Waals surface area contributed by atoms with Crippen LogP contribution in [0.15, 0.2) is 36.4 Å². The van der Waals surface area contributed by atoms with Crippen molar-refractivity contribution < 1.29 is 14.8 Å². The van der Waals surface area contributed by atoms with Gasteiger partial charge in [-0.2, -0.15) is 5.26 Å². The summed E-state index contributed by atoms with van der Waals surface area (Å²) in [5.41, 5.74) is 1.52. The number of aromatic nitrogens is 2. The summed E-state index contributed by atoms with van der Waals surface area (Å²) in [6.07, 6.45) is 1.45. The number of phenols is 1. The first-order valence-electron chi connectivity index (χ1n) is 7.74. The summed E-state index contributed by atoms with van der Waals surface area (Å²) in [7, 11) is 0. The van der Waals surface area contributed by atoms with Crippen molar-refractivity contribution >= 4 is 28.4 Å². The topological polar surface area (TPSA) is 125 Å². The number of aromatic amines is 1. The van der Waals surface area contributed by atoms with E-state index in [1.165, 1.54) is 18.2 Å². The number of phenolic OH excluding ortho intramolecular Hbond substituents is 1. The standard InChI is InChI=1S/C18H14N4O4/c1-2-26-16-9-11(8-15(17(16)23)22(24)25)7-12(10-19)18-20-13-5-3-4-6-14(13)21-18/h3-9,23H,2H2,1H3,(H,20,21). The smallest absolute Gasteiger partial charge is 0.315 e. The number of nitro groups is 1. The van der Waals surface area contributed by atoms with E-state index >= 15 is 0 Å². The first-order chi connectivity index (χ1) is 12.5. The van der Waals surface area contributed by atoms with E-state index < -0.39 is 16.4 Å². The van der Waals surface area contributed by atoms with Gasteiger partial charge in [0.1, 0.15) is 11.9 Å². The lowest BCUT2D eigenvalue weighted by Gasteiger charge is -2.07. The van der Waals surface area contributed by atoms with Gasteiger partial charge >= 0.3 is 5.69 Å². The number of allylic oxidation sites excluding steroid dienone is 1. The van der Waals surface area contributed by atoms with Gasteiger partial charge in [0, 0.05) is 6.07 Å². The van der Waals surface area contributed by atoms with Crippen LogP contribution in [0.25, 0.3) is 22.7 Å². The van der Waals surface area contributed by atoms with Crippen molar-refractivity contribution in [3.8, 4) is 17.6 Å². The third-order valence-electron chi connectivity index (χ3n) is 3.65. The first-order valence-corrected chi connectivity index (χ1v) is 7.74. The molecule has 0 unspecified atom stereocenters. The molecule has 0 bridgehead atoms. The number of nitro benzene ring substituents is 1. The predicted molar refractivity (Wildman–Crippen MR) is 95.5 cm³/mol. The van der Waals surface area contributed by atoms with E-state index in [1.807, 2.05) is 30.3 Å². The average molecular weight is 350 g/mol. The lowest BCUT2D eigenvalue weighted by atomic mass is 10.1. The Hall–Kier alpha value is -3.86. The number of hydrogen-bond donors (Lipinski definition) is 2. The molecular formula is C18H14N4O4. The molecule has 2 N–H and O–H groups in total. The number of H-pyrrole nitrogens is 1. The minimum Gasteiger partial charge on any atom is -0.500 e. The average Bonchev–Trinajstić information content (AvgIpc) is 3.05. The zero-order valence-electron chi connectivity index (χ0n) is 13.8. The fourth-order valence-electron chi connectivity index (χ4n) is 2.50. The third-order valence-corrected chi connectivity index (χ3v) is 3.65. The van der Waals surface area contributed by atoms with Crippen LogP contribution in [0.2, 0.25) is 0 Å². The number of aromatic hydroxyl groups is 1. The number of fused-ring (bicyclic) bond motifs is 1. The second kappa shape index (κ2) is 6.94. The van der Waals surface area contributed by atoms with Gasteiger partial charge < -0.3 is 14.8 Å². The van der Waals surface area contributed by atoms with Crippen LogP contribution in [0, 0.1) is 21.4 Å². The molecule has 8 heteroatoms. The Labute approximate surface area is 148 Å². The Bertz CT molecular complexity index is 1030. The second-order valence-corrected chi connectivity index (χ2v) is 5.35. The maximum Gasteiger partial charge on any atom is 0.315 e. The summed E-state index contributed by atoms with van der Waals surface area (Å²) >= 11 is 0. The molecule has 0 amide bonds. The van der Waals surface area contributed by atoms with E-state index in [4.69, 9.17) is 4.74 Å². The highest BCUT2D eigenvalue weighted by molar-refractivity contribution is 5.90. The predicted octanol–water partition coefficient (Wildman–Crippen LogP) is 3.64. The number of nitrogens with zero attached hydrogens (tertiary/aromatic N) is 3. The largest absolute Gasteiger partial charge is 0.500 e. The lowest BCUT2D eigenvalue weighted by Crippen LogP contribution is -1.96. The highest BCUT2D eigenvalue weighted by Gasteiger charge is 2.20. The Kier molecular flexibility index (Phi) is 4.53. The number of ether oxygens (including phenoxy) is 1. The number of nitriles is 1. The van der Waals surface area contributed by atoms with Gasteiger partial charge in [0.2, 0.25) is 5.75 Å². The molecule has 1 aromatic heterocycles. The third kappa shape index (κ3) is 3.18. The molecule has 0 aliphatic rings. The van der Waals surface area contributed by atoms with Crippen molar-refractivity contribution in [2.24, 2.45) is 0 Å². The molecule has 3 rings (SSSR count). The Morgan fingerprint density at radius 3 is 2.88 bits per heavy atom. The van der Waals surface area contributed by atoms with Crippen LogP contribution in [0.3, 0.4) is 0 Å². The summed E-state index contributed by atoms with van der Waals surface area (Å²) in [4.78, 5) is 17.8. The summed E-state index contributed by atoms with van der Waals surface area (Å²) in [5, 5.41) is 30.6. The number of imidazole rings is 1. The molecule has 130 valence electrons. The van der Waals surface area contributed by atoms with Gasteiger partial charge in [-0.05, 0) is 36.8 Å². The molecule has 0 radical (unpaired) electrons. The van der Waals surface area contributed by atoms with Crippen LogP contribution in [-0.2, 0) is 0 Å². The van der Waals surface area contributed by atoms with Gasteiger partial charge in [-0.3, -0.25) is 10.1 Å². The number of rotatable bonds is 5. The van der Waals surface area contributed by atoms with E-state index in [2.05, 4.69) is 9.97 Å². The fourth-order valence-corrected chi connectivity index (χ4v) is 2.50. The molecule has 0 aliphatic heterocycles. The maximum atomic E-state index is 11.2. The number of para-hydroxylation sites is 2. The molecule has 8 nitrogen and oxygen atoms in total. The van der Waals surface area contributed by atoms with Crippen LogP contribution in [-0.4, -0.2) is 26.6 Å². The maximum absolute atomic E-state index is 11.2. The highest BCUT2D eigenvalue weighted by Crippen LogP contribution is 2.38. The van der Waals surface area contributed by atoms with Gasteiger partial charge in [-0.25, -0.2) is 4.98 Å². The van der Waals surface area contributed by atoms with Crippen molar-refractivity contribution in [1.82, 2.24) is 9.97 Å². The molecule has 2 aromatic carbocycles. The van der Waals surface area contributed by atoms with Crippen LogP contribution >= 0.6 is 0 Å². The summed E-state index contributed by atoms with van der Waals surface area (Å²) in [6.45, 7) is 1.93. The van der Waals surface area contributed by atoms with E-state index in [0.29, 0.717) is 16.9 Å². The monoisotopic (exact) mass is 350 g/mol. The van der Waals surface area contributed by atoms with Crippen molar-refractivity contribution in [2.75, 3.05) is 6.61 Å². The Morgan fingerprint density at radius 1 is 1.46 bits per heavy atom. The molecular weight excluding hydrogens is 336 g/mol. The Morgan fingerprint density at radius 2 is 2.23 bits per heavy atom. The van der Waals surface area contributed by atoms with E-state index in [-0.39, 0.29) is 17.9 Å². The quantitative estimate of drug-likeness (QED) is 0.411. The molecule has 1 heterocycles. The van der Waals surface area contributed by atoms with Gasteiger partial charge in [0.05, 0.1) is 28.1 Å². The summed E-state index contributed by atoms with van der Waals surface area (Å²) in [5.74, 6) is -0.214. The number of hydrogen-bond acceptors (Lipinski definition) is 6. The molecule has 26 heavy (non-hydrogen) atoms. The van der Waals surface area contributed by atoms with E-state index in [1.54, 1.807) is 6.92 Å². The highest BCUT2D eigenvalue weighted by atomic mass is 16.6. The molecule has 0 saturated carbocycles. The second-order valence-electron chi connectivity index (χ2n) is 5.35. The van der Waals surface area contributed by atoms with Crippen molar-refractivity contribution in [1.29, 1.82) is 5.26 Å². The molecule has 3 aromatic rings. The van der Waals surface area contributed by atoms with Crippen molar-refractivity contribution in [3.05, 3.63) is 57.9 Å². The van der Waals surface area contributed by atoms with Crippen LogP contribution < -0.4 is 4.74 Å². The van der Waals surface area contributed by atoms with Gasteiger partial charge in [0.15, 0.2) is 5.75 Å². The van der Waals surface area contributed by atoms with Crippen LogP contribution in [0.4, 0.5) is 5.69 Å². The number of benzene rings is 2. The zero-order chi connectivity index (χ0) is 18.7. The molecule has 0 fully saturated rings. The van der Waals surface area contributed by atoms with E-state index in [9.17, 15) is 20.5 Å². The van der Waals surface area contributed by atoms with E-state index in [0.717, 1.165) is 5.52 Å². The van der Waals surface area contributed by atoms with Crippen LogP contribution in [0.1, 0.15) is 18.3 Å². The van der Waals surface area contributed by atoms with Crippen LogP contribution in [0.5, 0.6) is 11.5 Å². The SMILES string of the molecule is CCOc1cc(C=C(C#N)c2nc3ccccc3[nH]2)cc([N+](=O)[O-])c1O. The Balaban J connectivity index is 2.11. The molecule has 0 aliphatic carbocycles. The zero-order valence-corrected chi connectivity index (χ0v) is 13.8. The van der Waals surface area contributed by atoms with Crippen molar-refractivity contribution in [2.45, 2.75) is 6.92 Å². The normalized spacial score (nSPS) is 11.3.